The van der Waals surface area contributed by atoms with E-state index in [0.717, 1.165) is 29.5 Å². The molecule has 0 aromatic carbocycles. The van der Waals surface area contributed by atoms with Crippen LogP contribution in [0.25, 0.3) is 0 Å². The minimum absolute atomic E-state index is 0.103. The summed E-state index contributed by atoms with van der Waals surface area (Å²) < 4.78 is 0. The Morgan fingerprint density at radius 1 is 1.40 bits per heavy atom. The third-order valence-corrected chi connectivity index (χ3v) is 3.70. The van der Waals surface area contributed by atoms with E-state index in [4.69, 9.17) is 0 Å². The fraction of sp³-hybridized carbons (Fsp3) is 0.357. The molecular formula is C14H18N4OS. The van der Waals surface area contributed by atoms with E-state index in [1.807, 2.05) is 25.3 Å². The maximum Gasteiger partial charge on any atom is 0.252 e. The summed E-state index contributed by atoms with van der Waals surface area (Å²) >= 11 is 1.62. The third-order valence-electron chi connectivity index (χ3n) is 2.67. The average molecular weight is 290 g/mol. The van der Waals surface area contributed by atoms with Gasteiger partial charge in [0.15, 0.2) is 0 Å². The topological polar surface area (TPSA) is 66.9 Å². The van der Waals surface area contributed by atoms with Gasteiger partial charge in [0.1, 0.15) is 5.82 Å². The predicted molar refractivity (Wildman–Crippen MR) is 81.3 cm³/mol. The second-order valence-corrected chi connectivity index (χ2v) is 5.29. The van der Waals surface area contributed by atoms with Crippen LogP contribution in [0.2, 0.25) is 0 Å². The Labute approximate surface area is 122 Å². The summed E-state index contributed by atoms with van der Waals surface area (Å²) in [5, 5.41) is 9.03. The Morgan fingerprint density at radius 3 is 2.85 bits per heavy atom. The van der Waals surface area contributed by atoms with Crippen LogP contribution in [0.3, 0.4) is 0 Å². The summed E-state index contributed by atoms with van der Waals surface area (Å²) in [5.74, 6) is 0.677. The summed E-state index contributed by atoms with van der Waals surface area (Å²) in [4.78, 5) is 20.5. The number of aryl methyl sites for hydroxylation is 1. The molecule has 0 aliphatic rings. The normalized spacial score (nSPS) is 10.3. The number of thiazole rings is 1. The highest BCUT2D eigenvalue weighted by Gasteiger charge is 2.06. The van der Waals surface area contributed by atoms with Crippen molar-refractivity contribution in [1.29, 1.82) is 0 Å². The molecule has 0 aliphatic heterocycles. The van der Waals surface area contributed by atoms with Crippen molar-refractivity contribution in [2.45, 2.75) is 20.3 Å². The first-order chi connectivity index (χ1) is 9.69. The van der Waals surface area contributed by atoms with E-state index in [1.165, 1.54) is 0 Å². The highest BCUT2D eigenvalue weighted by atomic mass is 32.1. The number of pyridine rings is 1. The minimum Gasteiger partial charge on any atom is -0.370 e. The molecule has 1 amide bonds. The van der Waals surface area contributed by atoms with E-state index < -0.39 is 0 Å². The molecule has 2 heterocycles. The number of nitrogens with one attached hydrogen (secondary N) is 2. The van der Waals surface area contributed by atoms with Gasteiger partial charge in [0, 0.05) is 36.8 Å². The molecule has 2 aromatic heterocycles. The first kappa shape index (κ1) is 14.5. The van der Waals surface area contributed by atoms with Crippen LogP contribution in [0.15, 0.2) is 23.7 Å². The highest BCUT2D eigenvalue weighted by molar-refractivity contribution is 7.09. The Kier molecular flexibility index (Phi) is 5.06. The van der Waals surface area contributed by atoms with Crippen LogP contribution in [0.5, 0.6) is 0 Å². The number of carbonyl (C=O) groups excluding carboxylic acids is 1. The van der Waals surface area contributed by atoms with Crippen LogP contribution in [0.1, 0.15) is 28.0 Å². The Hall–Kier alpha value is -1.95. The van der Waals surface area contributed by atoms with E-state index in [0.29, 0.717) is 12.1 Å². The monoisotopic (exact) mass is 290 g/mol. The quantitative estimate of drug-likeness (QED) is 0.856. The molecule has 2 rings (SSSR count). The largest absolute Gasteiger partial charge is 0.370 e. The summed E-state index contributed by atoms with van der Waals surface area (Å²) in [6.45, 7) is 5.37. The zero-order chi connectivity index (χ0) is 14.4. The molecule has 0 aliphatic carbocycles. The molecule has 0 spiro atoms. The van der Waals surface area contributed by atoms with Gasteiger partial charge in [-0.3, -0.25) is 4.79 Å². The van der Waals surface area contributed by atoms with Gasteiger partial charge in [-0.1, -0.05) is 0 Å². The Balaban J connectivity index is 1.82. The van der Waals surface area contributed by atoms with E-state index >= 15 is 0 Å². The predicted octanol–water partition coefficient (Wildman–Crippen LogP) is 2.25. The number of hydrogen-bond donors (Lipinski definition) is 2. The molecule has 0 bridgehead atoms. The lowest BCUT2D eigenvalue weighted by Crippen LogP contribution is -2.25. The summed E-state index contributed by atoms with van der Waals surface area (Å²) in [6, 6.07) is 3.58. The smallest absolute Gasteiger partial charge is 0.252 e. The second-order valence-electron chi connectivity index (χ2n) is 4.35. The van der Waals surface area contributed by atoms with Crippen molar-refractivity contribution in [3.8, 4) is 0 Å². The molecule has 0 unspecified atom stereocenters. The van der Waals surface area contributed by atoms with Crippen molar-refractivity contribution in [3.63, 3.8) is 0 Å². The molecule has 0 saturated carbocycles. The third kappa shape index (κ3) is 4.03. The van der Waals surface area contributed by atoms with Crippen molar-refractivity contribution in [2.75, 3.05) is 18.4 Å². The fourth-order valence-electron chi connectivity index (χ4n) is 1.72. The molecule has 0 fully saturated rings. The highest BCUT2D eigenvalue weighted by Crippen LogP contribution is 2.09. The van der Waals surface area contributed by atoms with Crippen molar-refractivity contribution < 1.29 is 4.79 Å². The van der Waals surface area contributed by atoms with Crippen molar-refractivity contribution in [3.05, 3.63) is 40.0 Å². The number of aromatic nitrogens is 2. The van der Waals surface area contributed by atoms with Crippen LogP contribution >= 0.6 is 11.3 Å². The molecule has 20 heavy (non-hydrogen) atoms. The molecule has 0 saturated heterocycles. The molecule has 0 atom stereocenters. The number of amides is 1. The number of anilines is 1. The Bertz CT molecular complexity index is 565. The average Bonchev–Trinajstić information content (AvgIpc) is 2.85. The van der Waals surface area contributed by atoms with Crippen molar-refractivity contribution >= 4 is 23.1 Å². The van der Waals surface area contributed by atoms with Gasteiger partial charge in [-0.2, -0.15) is 0 Å². The van der Waals surface area contributed by atoms with Crippen molar-refractivity contribution in [1.82, 2.24) is 15.3 Å². The van der Waals surface area contributed by atoms with Gasteiger partial charge in [0.25, 0.3) is 5.91 Å². The molecule has 2 aromatic rings. The van der Waals surface area contributed by atoms with E-state index in [-0.39, 0.29) is 5.91 Å². The first-order valence-electron chi connectivity index (χ1n) is 6.58. The maximum atomic E-state index is 11.9. The molecule has 0 radical (unpaired) electrons. The number of nitrogens with zero attached hydrogens (tertiary/aromatic N) is 2. The lowest BCUT2D eigenvalue weighted by Gasteiger charge is -2.05. The molecule has 5 nitrogen and oxygen atoms in total. The van der Waals surface area contributed by atoms with Gasteiger partial charge in [-0.15, -0.1) is 11.3 Å². The Morgan fingerprint density at radius 2 is 2.25 bits per heavy atom. The van der Waals surface area contributed by atoms with Gasteiger partial charge in [0.2, 0.25) is 0 Å². The molecule has 6 heteroatoms. The number of rotatable bonds is 6. The molecular weight excluding hydrogens is 272 g/mol. The van der Waals surface area contributed by atoms with Gasteiger partial charge >= 0.3 is 0 Å². The van der Waals surface area contributed by atoms with E-state index in [2.05, 4.69) is 20.6 Å². The molecule has 2 N–H and O–H groups in total. The summed E-state index contributed by atoms with van der Waals surface area (Å²) in [5.41, 5.74) is 1.60. The molecule has 106 valence electrons. The zero-order valence-corrected chi connectivity index (χ0v) is 12.5. The van der Waals surface area contributed by atoms with Crippen LogP contribution in [-0.4, -0.2) is 29.0 Å². The van der Waals surface area contributed by atoms with Crippen LogP contribution < -0.4 is 10.6 Å². The van der Waals surface area contributed by atoms with Crippen LogP contribution in [-0.2, 0) is 6.42 Å². The van der Waals surface area contributed by atoms with Gasteiger partial charge in [0.05, 0.1) is 10.6 Å². The van der Waals surface area contributed by atoms with E-state index in [1.54, 1.807) is 23.6 Å². The minimum atomic E-state index is -0.103. The van der Waals surface area contributed by atoms with Crippen LogP contribution in [0, 0.1) is 6.92 Å². The lowest BCUT2D eigenvalue weighted by atomic mass is 10.2. The maximum absolute atomic E-state index is 11.9. The van der Waals surface area contributed by atoms with Gasteiger partial charge in [-0.25, -0.2) is 9.97 Å². The van der Waals surface area contributed by atoms with Crippen molar-refractivity contribution in [2.24, 2.45) is 0 Å². The van der Waals surface area contributed by atoms with E-state index in [9.17, 15) is 4.79 Å². The lowest BCUT2D eigenvalue weighted by molar-refractivity contribution is 0.0954. The summed E-state index contributed by atoms with van der Waals surface area (Å²) in [7, 11) is 0. The fourth-order valence-corrected chi connectivity index (χ4v) is 2.49. The number of hydrogen-bond acceptors (Lipinski definition) is 5. The van der Waals surface area contributed by atoms with Gasteiger partial charge < -0.3 is 10.6 Å². The standard InChI is InChI=1S/C14H18N4OS/c1-3-15-12-5-4-11(8-17-12)14(19)16-7-6-13-18-10(2)9-20-13/h4-5,8-9H,3,6-7H2,1-2H3,(H,15,17)(H,16,19). The zero-order valence-electron chi connectivity index (χ0n) is 11.6. The second kappa shape index (κ2) is 7.00. The first-order valence-corrected chi connectivity index (χ1v) is 7.46. The number of carbonyl (C=O) groups is 1. The van der Waals surface area contributed by atoms with Crippen LogP contribution in [0.4, 0.5) is 5.82 Å². The SMILES string of the molecule is CCNc1ccc(C(=O)NCCc2nc(C)cs2)cn1. The van der Waals surface area contributed by atoms with Gasteiger partial charge in [-0.05, 0) is 26.0 Å². The summed E-state index contributed by atoms with van der Waals surface area (Å²) in [6.07, 6.45) is 2.34.